The summed E-state index contributed by atoms with van der Waals surface area (Å²) in [6, 6.07) is 4.88. The Hall–Kier alpha value is -0.800. The molecule has 0 bridgehead atoms. The third-order valence-electron chi connectivity index (χ3n) is 3.83. The molecule has 1 unspecified atom stereocenters. The minimum Gasteiger partial charge on any atom is -0.369 e. The zero-order valence-corrected chi connectivity index (χ0v) is 12.0. The number of nitrogens with zero attached hydrogens (tertiary/aromatic N) is 3. The van der Waals surface area contributed by atoms with Gasteiger partial charge in [0, 0.05) is 44.1 Å². The van der Waals surface area contributed by atoms with E-state index in [0.29, 0.717) is 11.9 Å². The lowest BCUT2D eigenvalue weighted by Gasteiger charge is -2.39. The van der Waals surface area contributed by atoms with Crippen LogP contribution in [-0.4, -0.2) is 42.1 Å². The largest absolute Gasteiger partial charge is 0.369 e. The van der Waals surface area contributed by atoms with Gasteiger partial charge in [-0.15, -0.1) is 11.6 Å². The monoisotopic (exact) mass is 267 g/mol. The van der Waals surface area contributed by atoms with Crippen LogP contribution >= 0.6 is 11.6 Å². The summed E-state index contributed by atoms with van der Waals surface area (Å²) < 4.78 is 0. The van der Waals surface area contributed by atoms with Gasteiger partial charge in [-0.1, -0.05) is 6.92 Å². The number of hydrogen-bond acceptors (Lipinski definition) is 3. The number of anilines is 1. The van der Waals surface area contributed by atoms with Crippen LogP contribution in [0.3, 0.4) is 0 Å². The maximum atomic E-state index is 5.83. The number of halogens is 1. The van der Waals surface area contributed by atoms with Crippen LogP contribution in [0, 0.1) is 0 Å². The maximum Gasteiger partial charge on any atom is 0.0648 e. The Morgan fingerprint density at radius 3 is 2.67 bits per heavy atom. The fourth-order valence-corrected chi connectivity index (χ4v) is 2.56. The van der Waals surface area contributed by atoms with Crippen LogP contribution in [-0.2, 0) is 5.88 Å². The van der Waals surface area contributed by atoms with E-state index in [1.807, 2.05) is 6.20 Å². The highest BCUT2D eigenvalue weighted by molar-refractivity contribution is 6.16. The standard InChI is InChI=1S/C14H22ClN3/c1-3-12(2)17-6-8-18(9-7-17)14-4-5-16-13(10-14)11-15/h4-5,10,12H,3,6-9,11H2,1-2H3. The summed E-state index contributed by atoms with van der Waals surface area (Å²) in [6.45, 7) is 9.05. The molecule has 18 heavy (non-hydrogen) atoms. The predicted octanol–water partition coefficient (Wildman–Crippen LogP) is 2.74. The first kappa shape index (κ1) is 13.6. The predicted molar refractivity (Wildman–Crippen MR) is 77.3 cm³/mol. The van der Waals surface area contributed by atoms with E-state index in [0.717, 1.165) is 31.9 Å². The number of pyridine rings is 1. The molecular weight excluding hydrogens is 246 g/mol. The van der Waals surface area contributed by atoms with Crippen molar-refractivity contribution in [2.75, 3.05) is 31.1 Å². The molecule has 3 nitrogen and oxygen atoms in total. The lowest BCUT2D eigenvalue weighted by molar-refractivity contribution is 0.193. The van der Waals surface area contributed by atoms with Crippen molar-refractivity contribution in [1.29, 1.82) is 0 Å². The van der Waals surface area contributed by atoms with E-state index < -0.39 is 0 Å². The normalized spacial score (nSPS) is 18.9. The summed E-state index contributed by atoms with van der Waals surface area (Å²) in [6.07, 6.45) is 3.08. The molecule has 0 radical (unpaired) electrons. The third kappa shape index (κ3) is 3.15. The Bertz CT molecular complexity index is 375. The lowest BCUT2D eigenvalue weighted by Crippen LogP contribution is -2.49. The summed E-state index contributed by atoms with van der Waals surface area (Å²) in [5, 5.41) is 0. The van der Waals surface area contributed by atoms with E-state index in [-0.39, 0.29) is 0 Å². The minimum atomic E-state index is 0.487. The molecule has 1 aromatic rings. The van der Waals surface area contributed by atoms with E-state index in [1.165, 1.54) is 12.1 Å². The molecule has 2 rings (SSSR count). The van der Waals surface area contributed by atoms with Gasteiger partial charge in [-0.2, -0.15) is 0 Å². The molecule has 1 aliphatic heterocycles. The van der Waals surface area contributed by atoms with Gasteiger partial charge in [-0.3, -0.25) is 9.88 Å². The molecule has 2 heterocycles. The average molecular weight is 268 g/mol. The molecule has 0 amide bonds. The summed E-state index contributed by atoms with van der Waals surface area (Å²) >= 11 is 5.83. The molecule has 0 saturated carbocycles. The van der Waals surface area contributed by atoms with E-state index in [1.54, 1.807) is 0 Å². The van der Waals surface area contributed by atoms with Crippen LogP contribution in [0.1, 0.15) is 26.0 Å². The van der Waals surface area contributed by atoms with Gasteiger partial charge < -0.3 is 4.90 Å². The second kappa shape index (κ2) is 6.39. The topological polar surface area (TPSA) is 19.4 Å². The van der Waals surface area contributed by atoms with Crippen LogP contribution in [0.4, 0.5) is 5.69 Å². The van der Waals surface area contributed by atoms with Crippen LogP contribution in [0.2, 0.25) is 0 Å². The van der Waals surface area contributed by atoms with Crippen molar-refractivity contribution in [3.05, 3.63) is 24.0 Å². The zero-order chi connectivity index (χ0) is 13.0. The van der Waals surface area contributed by atoms with Gasteiger partial charge in [-0.05, 0) is 25.5 Å². The molecule has 1 fully saturated rings. The van der Waals surface area contributed by atoms with Gasteiger partial charge >= 0.3 is 0 Å². The molecule has 0 aromatic carbocycles. The molecule has 100 valence electrons. The molecule has 0 spiro atoms. The fourth-order valence-electron chi connectivity index (χ4n) is 2.41. The summed E-state index contributed by atoms with van der Waals surface area (Å²) in [5.41, 5.74) is 2.21. The molecule has 0 aliphatic carbocycles. The Morgan fingerprint density at radius 1 is 1.33 bits per heavy atom. The first-order chi connectivity index (χ1) is 8.74. The first-order valence-corrected chi connectivity index (χ1v) is 7.28. The number of aromatic nitrogens is 1. The van der Waals surface area contributed by atoms with Gasteiger partial charge in [0.2, 0.25) is 0 Å². The van der Waals surface area contributed by atoms with Gasteiger partial charge in [0.05, 0.1) is 11.6 Å². The number of piperazine rings is 1. The van der Waals surface area contributed by atoms with Crippen molar-refractivity contribution < 1.29 is 0 Å². The number of alkyl halides is 1. The second-order valence-electron chi connectivity index (χ2n) is 4.92. The summed E-state index contributed by atoms with van der Waals surface area (Å²) in [4.78, 5) is 9.24. The number of hydrogen-bond donors (Lipinski definition) is 0. The second-order valence-corrected chi connectivity index (χ2v) is 5.19. The molecule has 1 atom stereocenters. The highest BCUT2D eigenvalue weighted by Gasteiger charge is 2.20. The fraction of sp³-hybridized carbons (Fsp3) is 0.643. The Kier molecular flexibility index (Phi) is 4.84. The molecule has 4 heteroatoms. The van der Waals surface area contributed by atoms with Gasteiger partial charge in [-0.25, -0.2) is 0 Å². The van der Waals surface area contributed by atoms with E-state index >= 15 is 0 Å². The molecule has 1 aliphatic rings. The Morgan fingerprint density at radius 2 is 2.06 bits per heavy atom. The van der Waals surface area contributed by atoms with Crippen molar-refractivity contribution in [1.82, 2.24) is 9.88 Å². The van der Waals surface area contributed by atoms with Crippen LogP contribution < -0.4 is 4.90 Å². The molecule has 1 saturated heterocycles. The van der Waals surface area contributed by atoms with Crippen molar-refractivity contribution >= 4 is 17.3 Å². The van der Waals surface area contributed by atoms with Gasteiger partial charge in [0.25, 0.3) is 0 Å². The molecular formula is C14H22ClN3. The van der Waals surface area contributed by atoms with E-state index in [9.17, 15) is 0 Å². The lowest BCUT2D eigenvalue weighted by atomic mass is 10.2. The first-order valence-electron chi connectivity index (χ1n) is 6.74. The van der Waals surface area contributed by atoms with Gasteiger partial charge in [0.15, 0.2) is 0 Å². The zero-order valence-electron chi connectivity index (χ0n) is 11.3. The van der Waals surface area contributed by atoms with Crippen molar-refractivity contribution in [2.45, 2.75) is 32.2 Å². The van der Waals surface area contributed by atoms with Crippen molar-refractivity contribution in [2.24, 2.45) is 0 Å². The quantitative estimate of drug-likeness (QED) is 0.782. The maximum absolute atomic E-state index is 5.83. The highest BCUT2D eigenvalue weighted by atomic mass is 35.5. The van der Waals surface area contributed by atoms with Crippen molar-refractivity contribution in [3.63, 3.8) is 0 Å². The van der Waals surface area contributed by atoms with Crippen molar-refractivity contribution in [3.8, 4) is 0 Å². The molecule has 1 aromatic heterocycles. The average Bonchev–Trinajstić information content (AvgIpc) is 2.46. The number of rotatable bonds is 4. The summed E-state index contributed by atoms with van der Waals surface area (Å²) in [7, 11) is 0. The third-order valence-corrected chi connectivity index (χ3v) is 4.10. The summed E-state index contributed by atoms with van der Waals surface area (Å²) in [5.74, 6) is 0.487. The van der Waals surface area contributed by atoms with Crippen LogP contribution in [0.25, 0.3) is 0 Å². The smallest absolute Gasteiger partial charge is 0.0648 e. The Labute approximate surface area is 115 Å². The SMILES string of the molecule is CCC(C)N1CCN(c2ccnc(CCl)c2)CC1. The van der Waals surface area contributed by atoms with Crippen LogP contribution in [0.15, 0.2) is 18.3 Å². The Balaban J connectivity index is 1.96. The van der Waals surface area contributed by atoms with Crippen LogP contribution in [0.5, 0.6) is 0 Å². The minimum absolute atomic E-state index is 0.487. The van der Waals surface area contributed by atoms with E-state index in [2.05, 4.69) is 40.8 Å². The highest BCUT2D eigenvalue weighted by Crippen LogP contribution is 2.18. The van der Waals surface area contributed by atoms with E-state index in [4.69, 9.17) is 11.6 Å². The molecule has 0 N–H and O–H groups in total. The van der Waals surface area contributed by atoms with Gasteiger partial charge in [0.1, 0.15) is 0 Å².